The quantitative estimate of drug-likeness (QED) is 0.371. The zero-order valence-corrected chi connectivity index (χ0v) is 19.6. The Bertz CT molecular complexity index is 757. The minimum atomic E-state index is 0. The molecule has 2 aromatic rings. The van der Waals surface area contributed by atoms with Gasteiger partial charge >= 0.3 is 0 Å². The minimum absolute atomic E-state index is 0. The molecule has 0 aliphatic rings. The molecule has 1 aromatic heterocycles. The number of halogens is 1. The predicted octanol–water partition coefficient (Wildman–Crippen LogP) is 3.38. The number of benzene rings is 1. The molecule has 0 atom stereocenters. The summed E-state index contributed by atoms with van der Waals surface area (Å²) in [5.41, 5.74) is 4.84. The molecule has 1 N–H and O–H groups in total. The van der Waals surface area contributed by atoms with Crippen LogP contribution in [0.25, 0.3) is 0 Å². The maximum absolute atomic E-state index is 5.45. The Kier molecular flexibility index (Phi) is 9.62. The summed E-state index contributed by atoms with van der Waals surface area (Å²) in [5.74, 6) is 1.74. The first-order valence-electron chi connectivity index (χ1n) is 9.12. The van der Waals surface area contributed by atoms with Gasteiger partial charge in [-0.05, 0) is 18.9 Å². The number of para-hydroxylation sites is 1. The lowest BCUT2D eigenvalue weighted by molar-refractivity contribution is 0.396. The summed E-state index contributed by atoms with van der Waals surface area (Å²) in [5, 5.41) is 8.13. The van der Waals surface area contributed by atoms with E-state index >= 15 is 0 Å². The van der Waals surface area contributed by atoms with Crippen molar-refractivity contribution in [1.29, 1.82) is 0 Å². The number of rotatable bonds is 7. The monoisotopic (exact) mass is 485 g/mol. The van der Waals surface area contributed by atoms with Crippen molar-refractivity contribution in [3.8, 4) is 5.75 Å². The first-order chi connectivity index (χ1) is 12.5. The van der Waals surface area contributed by atoms with E-state index in [1.165, 1.54) is 11.3 Å². The molecule has 7 heteroatoms. The lowest BCUT2D eigenvalue weighted by Crippen LogP contribution is -2.38. The summed E-state index contributed by atoms with van der Waals surface area (Å²) in [6, 6.07) is 8.07. The number of aryl methyl sites for hydroxylation is 2. The zero-order valence-electron chi connectivity index (χ0n) is 17.2. The molecule has 0 bridgehead atoms. The van der Waals surface area contributed by atoms with Crippen LogP contribution in [0.15, 0.2) is 29.3 Å². The van der Waals surface area contributed by atoms with Crippen LogP contribution in [-0.4, -0.2) is 41.8 Å². The van der Waals surface area contributed by atoms with Gasteiger partial charge in [-0.15, -0.1) is 24.0 Å². The molecule has 0 fully saturated rings. The van der Waals surface area contributed by atoms with E-state index in [-0.39, 0.29) is 24.0 Å². The third kappa shape index (κ3) is 5.60. The van der Waals surface area contributed by atoms with Gasteiger partial charge in [0.2, 0.25) is 0 Å². The van der Waals surface area contributed by atoms with Crippen LogP contribution in [0.5, 0.6) is 5.75 Å². The fraction of sp³-hybridized carbons (Fsp3) is 0.500. The van der Waals surface area contributed by atoms with Crippen LogP contribution in [0.2, 0.25) is 0 Å². The average Bonchev–Trinajstić information content (AvgIpc) is 2.97. The first-order valence-corrected chi connectivity index (χ1v) is 9.12. The Morgan fingerprint density at radius 2 is 1.96 bits per heavy atom. The van der Waals surface area contributed by atoms with Crippen LogP contribution in [0.3, 0.4) is 0 Å². The molecule has 1 heterocycles. The highest BCUT2D eigenvalue weighted by molar-refractivity contribution is 14.0. The van der Waals surface area contributed by atoms with Crippen LogP contribution in [0.1, 0.15) is 36.4 Å². The SMILES string of the molecule is CCc1nn(C)c(CC)c1CNC(=NC)N(C)Cc1ccccc1OC.I. The average molecular weight is 485 g/mol. The van der Waals surface area contributed by atoms with Gasteiger partial charge < -0.3 is 15.0 Å². The Hall–Kier alpha value is -1.77. The highest BCUT2D eigenvalue weighted by atomic mass is 127. The smallest absolute Gasteiger partial charge is 0.193 e. The highest BCUT2D eigenvalue weighted by Crippen LogP contribution is 2.19. The second-order valence-corrected chi connectivity index (χ2v) is 6.27. The summed E-state index contributed by atoms with van der Waals surface area (Å²) in [6.45, 7) is 5.76. The molecule has 0 unspecified atom stereocenters. The van der Waals surface area contributed by atoms with E-state index < -0.39 is 0 Å². The van der Waals surface area contributed by atoms with Crippen molar-refractivity contribution in [3.05, 3.63) is 46.8 Å². The second kappa shape index (κ2) is 11.2. The second-order valence-electron chi connectivity index (χ2n) is 6.27. The Morgan fingerprint density at radius 3 is 2.56 bits per heavy atom. The van der Waals surface area contributed by atoms with Gasteiger partial charge in [-0.3, -0.25) is 9.67 Å². The molecule has 0 spiro atoms. The number of nitrogens with one attached hydrogen (secondary N) is 1. The van der Waals surface area contributed by atoms with Gasteiger partial charge in [-0.2, -0.15) is 5.10 Å². The molecule has 0 saturated carbocycles. The topological polar surface area (TPSA) is 54.7 Å². The maximum atomic E-state index is 5.45. The molecular formula is C20H32IN5O. The molecule has 150 valence electrons. The highest BCUT2D eigenvalue weighted by Gasteiger charge is 2.15. The van der Waals surface area contributed by atoms with Crippen molar-refractivity contribution in [2.45, 2.75) is 39.8 Å². The lowest BCUT2D eigenvalue weighted by atomic mass is 10.1. The van der Waals surface area contributed by atoms with Gasteiger partial charge in [0.25, 0.3) is 0 Å². The van der Waals surface area contributed by atoms with Crippen molar-refractivity contribution < 1.29 is 4.74 Å². The summed E-state index contributed by atoms with van der Waals surface area (Å²) < 4.78 is 7.45. The summed E-state index contributed by atoms with van der Waals surface area (Å²) in [6.07, 6.45) is 1.90. The zero-order chi connectivity index (χ0) is 19.1. The fourth-order valence-corrected chi connectivity index (χ4v) is 3.31. The van der Waals surface area contributed by atoms with Crippen LogP contribution >= 0.6 is 24.0 Å². The third-order valence-corrected chi connectivity index (χ3v) is 4.62. The standard InChI is InChI=1S/C20H31N5O.HI/c1-7-17-16(18(8-2)25(5)23-17)13-22-20(21-3)24(4)14-15-11-9-10-12-19(15)26-6;/h9-12H,7-8,13-14H2,1-6H3,(H,21,22);1H. The predicted molar refractivity (Wildman–Crippen MR) is 122 cm³/mol. The number of hydrogen-bond donors (Lipinski definition) is 1. The molecular weight excluding hydrogens is 453 g/mol. The number of aliphatic imine (C=N–C) groups is 1. The van der Waals surface area contributed by atoms with E-state index in [2.05, 4.69) is 40.2 Å². The fourth-order valence-electron chi connectivity index (χ4n) is 3.31. The van der Waals surface area contributed by atoms with Gasteiger partial charge in [-0.1, -0.05) is 32.0 Å². The molecule has 1 aromatic carbocycles. The van der Waals surface area contributed by atoms with Crippen LogP contribution in [-0.2, 0) is 33.0 Å². The van der Waals surface area contributed by atoms with Crippen molar-refractivity contribution in [2.24, 2.45) is 12.0 Å². The van der Waals surface area contributed by atoms with Crippen molar-refractivity contribution in [2.75, 3.05) is 21.2 Å². The maximum Gasteiger partial charge on any atom is 0.193 e. The van der Waals surface area contributed by atoms with E-state index in [1.807, 2.05) is 44.0 Å². The Labute approximate surface area is 180 Å². The Morgan fingerprint density at radius 1 is 1.26 bits per heavy atom. The van der Waals surface area contributed by atoms with Gasteiger partial charge in [0.15, 0.2) is 5.96 Å². The molecule has 0 aliphatic carbocycles. The molecule has 0 saturated heterocycles. The van der Waals surface area contributed by atoms with Gasteiger partial charge in [-0.25, -0.2) is 0 Å². The summed E-state index contributed by atoms with van der Waals surface area (Å²) in [4.78, 5) is 6.54. The van der Waals surface area contributed by atoms with E-state index in [1.54, 1.807) is 7.11 Å². The van der Waals surface area contributed by atoms with E-state index in [0.29, 0.717) is 0 Å². The number of nitrogens with zero attached hydrogens (tertiary/aromatic N) is 4. The van der Waals surface area contributed by atoms with Crippen LogP contribution < -0.4 is 10.1 Å². The number of hydrogen-bond acceptors (Lipinski definition) is 3. The summed E-state index contributed by atoms with van der Waals surface area (Å²) >= 11 is 0. The van der Waals surface area contributed by atoms with E-state index in [4.69, 9.17) is 4.74 Å². The van der Waals surface area contributed by atoms with Crippen molar-refractivity contribution in [3.63, 3.8) is 0 Å². The molecule has 2 rings (SSSR count). The van der Waals surface area contributed by atoms with Crippen LogP contribution in [0.4, 0.5) is 0 Å². The van der Waals surface area contributed by atoms with E-state index in [9.17, 15) is 0 Å². The van der Waals surface area contributed by atoms with Crippen molar-refractivity contribution in [1.82, 2.24) is 20.0 Å². The molecule has 0 amide bonds. The summed E-state index contributed by atoms with van der Waals surface area (Å²) in [7, 11) is 7.56. The van der Waals surface area contributed by atoms with E-state index in [0.717, 1.165) is 48.9 Å². The Balaban J connectivity index is 0.00000364. The molecule has 0 aliphatic heterocycles. The van der Waals surface area contributed by atoms with Gasteiger partial charge in [0.05, 0.1) is 12.8 Å². The van der Waals surface area contributed by atoms with Gasteiger partial charge in [0.1, 0.15) is 5.75 Å². The molecule has 27 heavy (non-hydrogen) atoms. The largest absolute Gasteiger partial charge is 0.496 e. The van der Waals surface area contributed by atoms with Gasteiger partial charge in [0, 0.05) is 51.1 Å². The van der Waals surface area contributed by atoms with Crippen molar-refractivity contribution >= 4 is 29.9 Å². The number of aromatic nitrogens is 2. The van der Waals surface area contributed by atoms with Crippen LogP contribution in [0, 0.1) is 0 Å². The molecule has 6 nitrogen and oxygen atoms in total. The number of ether oxygens (including phenoxy) is 1. The third-order valence-electron chi connectivity index (χ3n) is 4.62. The lowest BCUT2D eigenvalue weighted by Gasteiger charge is -2.23. The minimum Gasteiger partial charge on any atom is -0.496 e. The first kappa shape index (κ1) is 23.3. The molecule has 0 radical (unpaired) electrons. The number of methoxy groups -OCH3 is 1. The normalized spacial score (nSPS) is 11.1. The number of guanidine groups is 1.